The molecule has 0 fully saturated rings. The number of amides is 1. The van der Waals surface area contributed by atoms with E-state index < -0.39 is 28.5 Å². The third-order valence-electron chi connectivity index (χ3n) is 4.90. The van der Waals surface area contributed by atoms with Crippen molar-refractivity contribution in [1.29, 1.82) is 0 Å². The number of ether oxygens (including phenoxy) is 1. The van der Waals surface area contributed by atoms with Crippen molar-refractivity contribution in [2.24, 2.45) is 0 Å². The molecule has 1 heterocycles. The molecule has 0 saturated carbocycles. The lowest BCUT2D eigenvalue weighted by molar-refractivity contribution is -0.124. The van der Waals surface area contributed by atoms with Crippen LogP contribution < -0.4 is 10.0 Å². The highest BCUT2D eigenvalue weighted by Crippen LogP contribution is 2.17. The molecule has 0 aliphatic heterocycles. The minimum Gasteiger partial charge on any atom is -0.468 e. The molecule has 0 radical (unpaired) electrons. The number of sulfonamides is 1. The van der Waals surface area contributed by atoms with Gasteiger partial charge in [-0.1, -0.05) is 36.4 Å². The summed E-state index contributed by atoms with van der Waals surface area (Å²) in [7, 11) is -3.88. The van der Waals surface area contributed by atoms with Gasteiger partial charge in [0.25, 0.3) is 5.91 Å². The molecule has 0 unspecified atom stereocenters. The summed E-state index contributed by atoms with van der Waals surface area (Å²) in [6.45, 7) is 1.65. The molecule has 3 aromatic rings. The van der Waals surface area contributed by atoms with E-state index in [0.29, 0.717) is 17.9 Å². The summed E-state index contributed by atoms with van der Waals surface area (Å²) in [5.41, 5.74) is 1.79. The Labute approximate surface area is 193 Å². The van der Waals surface area contributed by atoms with Gasteiger partial charge in [-0.2, -0.15) is 0 Å². The van der Waals surface area contributed by atoms with Gasteiger partial charge >= 0.3 is 5.97 Å². The van der Waals surface area contributed by atoms with Crippen LogP contribution in [0.4, 0.5) is 0 Å². The molecule has 1 aromatic heterocycles. The van der Waals surface area contributed by atoms with Gasteiger partial charge < -0.3 is 14.5 Å². The van der Waals surface area contributed by atoms with Crippen LogP contribution in [0.2, 0.25) is 0 Å². The van der Waals surface area contributed by atoms with Gasteiger partial charge in [0.15, 0.2) is 6.61 Å². The predicted octanol–water partition coefficient (Wildman–Crippen LogP) is 2.97. The number of rotatable bonds is 11. The molecule has 0 saturated heterocycles. The van der Waals surface area contributed by atoms with Crippen molar-refractivity contribution >= 4 is 21.9 Å². The van der Waals surface area contributed by atoms with E-state index in [1.54, 1.807) is 19.1 Å². The summed E-state index contributed by atoms with van der Waals surface area (Å²) in [5, 5.41) is 2.71. The van der Waals surface area contributed by atoms with Crippen molar-refractivity contribution < 1.29 is 27.2 Å². The molecule has 0 aliphatic carbocycles. The van der Waals surface area contributed by atoms with Crippen LogP contribution in [0.5, 0.6) is 0 Å². The maximum Gasteiger partial charge on any atom is 0.338 e. The number of furan rings is 1. The Morgan fingerprint density at radius 2 is 1.82 bits per heavy atom. The van der Waals surface area contributed by atoms with E-state index >= 15 is 0 Å². The van der Waals surface area contributed by atoms with Crippen LogP contribution in [-0.2, 0) is 32.5 Å². The van der Waals surface area contributed by atoms with Crippen LogP contribution in [-0.4, -0.2) is 33.4 Å². The maximum absolute atomic E-state index is 12.6. The van der Waals surface area contributed by atoms with E-state index in [0.717, 1.165) is 12.8 Å². The van der Waals surface area contributed by atoms with Gasteiger partial charge in [-0.25, -0.2) is 17.9 Å². The average molecular weight is 471 g/mol. The van der Waals surface area contributed by atoms with Crippen molar-refractivity contribution in [3.63, 3.8) is 0 Å². The van der Waals surface area contributed by atoms with Crippen LogP contribution in [0.1, 0.15) is 33.7 Å². The van der Waals surface area contributed by atoms with Crippen molar-refractivity contribution in [3.8, 4) is 0 Å². The predicted molar refractivity (Wildman–Crippen MR) is 122 cm³/mol. The fourth-order valence-corrected chi connectivity index (χ4v) is 4.09. The molecule has 0 aliphatic rings. The Hall–Kier alpha value is -3.43. The molecule has 1 amide bonds. The first-order valence-electron chi connectivity index (χ1n) is 10.5. The topological polar surface area (TPSA) is 115 Å². The minimum absolute atomic E-state index is 0.0204. The molecule has 0 bridgehead atoms. The SMILES string of the molecule is Cc1ccc(S(=O)(=O)NCc2ccco2)cc1C(=O)OCC(=O)NCCCc1ccccc1. The fourth-order valence-electron chi connectivity index (χ4n) is 3.08. The molecular weight excluding hydrogens is 444 g/mol. The summed E-state index contributed by atoms with van der Waals surface area (Å²) in [6, 6.07) is 17.4. The van der Waals surface area contributed by atoms with E-state index in [4.69, 9.17) is 9.15 Å². The largest absolute Gasteiger partial charge is 0.468 e. The zero-order valence-corrected chi connectivity index (χ0v) is 19.1. The number of aryl methyl sites for hydroxylation is 2. The van der Waals surface area contributed by atoms with Crippen molar-refractivity contribution in [2.75, 3.05) is 13.2 Å². The zero-order chi connectivity index (χ0) is 23.7. The maximum atomic E-state index is 12.6. The molecule has 33 heavy (non-hydrogen) atoms. The number of hydrogen-bond acceptors (Lipinski definition) is 6. The van der Waals surface area contributed by atoms with Gasteiger partial charge in [-0.3, -0.25) is 4.79 Å². The smallest absolute Gasteiger partial charge is 0.338 e. The number of esters is 1. The Morgan fingerprint density at radius 3 is 2.55 bits per heavy atom. The monoisotopic (exact) mass is 470 g/mol. The van der Waals surface area contributed by atoms with E-state index in [1.807, 2.05) is 30.3 Å². The molecule has 0 atom stereocenters. The molecular formula is C24H26N2O6S. The standard InChI is InChI=1S/C24H26N2O6S/c1-18-11-12-21(33(29,30)26-16-20-10-6-14-31-20)15-22(18)24(28)32-17-23(27)25-13-5-9-19-7-3-2-4-8-19/h2-4,6-8,10-12,14-15,26H,5,9,13,16-17H2,1H3,(H,25,27). The number of benzene rings is 2. The molecule has 2 aromatic carbocycles. The van der Waals surface area contributed by atoms with Gasteiger partial charge in [0.05, 0.1) is 23.3 Å². The number of carbonyl (C=O) groups is 2. The van der Waals surface area contributed by atoms with E-state index in [1.165, 1.54) is 30.0 Å². The quantitative estimate of drug-likeness (QED) is 0.329. The second kappa shape index (κ2) is 11.4. The van der Waals surface area contributed by atoms with Crippen molar-refractivity contribution in [1.82, 2.24) is 10.0 Å². The van der Waals surface area contributed by atoms with Crippen LogP contribution in [0, 0.1) is 6.92 Å². The fraction of sp³-hybridized carbons (Fsp3) is 0.250. The van der Waals surface area contributed by atoms with E-state index in [2.05, 4.69) is 10.0 Å². The molecule has 9 heteroatoms. The van der Waals surface area contributed by atoms with E-state index in [9.17, 15) is 18.0 Å². The van der Waals surface area contributed by atoms with Crippen LogP contribution >= 0.6 is 0 Å². The van der Waals surface area contributed by atoms with Crippen LogP contribution in [0.15, 0.2) is 76.2 Å². The van der Waals surface area contributed by atoms with E-state index in [-0.39, 0.29) is 17.0 Å². The zero-order valence-electron chi connectivity index (χ0n) is 18.2. The van der Waals surface area contributed by atoms with Crippen LogP contribution in [0.3, 0.4) is 0 Å². The summed E-state index contributed by atoms with van der Waals surface area (Å²) < 4.78 is 37.7. The Kier molecular flexibility index (Phi) is 8.39. The summed E-state index contributed by atoms with van der Waals surface area (Å²) >= 11 is 0. The molecule has 0 spiro atoms. The molecule has 8 nitrogen and oxygen atoms in total. The molecule has 174 valence electrons. The third-order valence-corrected chi connectivity index (χ3v) is 6.30. The van der Waals surface area contributed by atoms with Crippen molar-refractivity contribution in [3.05, 3.63) is 89.4 Å². The second-order valence-electron chi connectivity index (χ2n) is 7.40. The normalized spacial score (nSPS) is 11.2. The van der Waals surface area contributed by atoms with Crippen molar-refractivity contribution in [2.45, 2.75) is 31.2 Å². The Bertz CT molecular complexity index is 1170. The summed E-state index contributed by atoms with van der Waals surface area (Å²) in [4.78, 5) is 24.4. The highest BCUT2D eigenvalue weighted by molar-refractivity contribution is 7.89. The third kappa shape index (κ3) is 7.30. The molecule has 3 rings (SSSR count). The lowest BCUT2D eigenvalue weighted by Gasteiger charge is -2.11. The van der Waals surface area contributed by atoms with Gasteiger partial charge in [0.2, 0.25) is 10.0 Å². The van der Waals surface area contributed by atoms with Gasteiger partial charge in [-0.05, 0) is 55.2 Å². The van der Waals surface area contributed by atoms with Gasteiger partial charge in [0.1, 0.15) is 5.76 Å². The minimum atomic E-state index is -3.88. The lowest BCUT2D eigenvalue weighted by atomic mass is 10.1. The molecule has 2 N–H and O–H groups in total. The lowest BCUT2D eigenvalue weighted by Crippen LogP contribution is -2.30. The second-order valence-corrected chi connectivity index (χ2v) is 9.16. The first-order valence-corrected chi connectivity index (χ1v) is 11.9. The summed E-state index contributed by atoms with van der Waals surface area (Å²) in [6.07, 6.45) is 3.03. The van der Waals surface area contributed by atoms with Gasteiger partial charge in [0, 0.05) is 6.54 Å². The number of hydrogen-bond donors (Lipinski definition) is 2. The highest BCUT2D eigenvalue weighted by Gasteiger charge is 2.19. The van der Waals surface area contributed by atoms with Crippen LogP contribution in [0.25, 0.3) is 0 Å². The number of carbonyl (C=O) groups excluding carboxylic acids is 2. The average Bonchev–Trinajstić information content (AvgIpc) is 3.34. The number of nitrogens with one attached hydrogen (secondary N) is 2. The highest BCUT2D eigenvalue weighted by atomic mass is 32.2. The summed E-state index contributed by atoms with van der Waals surface area (Å²) in [5.74, 6) is -0.729. The Balaban J connectivity index is 1.50. The first kappa shape index (κ1) is 24.2. The Morgan fingerprint density at radius 1 is 1.03 bits per heavy atom. The van der Waals surface area contributed by atoms with Gasteiger partial charge in [-0.15, -0.1) is 0 Å². The first-order chi connectivity index (χ1) is 15.8.